The van der Waals surface area contributed by atoms with E-state index in [1.54, 1.807) is 25.4 Å². The van der Waals surface area contributed by atoms with E-state index in [1.165, 1.54) is 12.8 Å². The van der Waals surface area contributed by atoms with Crippen molar-refractivity contribution < 1.29 is 17.9 Å². The van der Waals surface area contributed by atoms with Crippen LogP contribution in [-0.2, 0) is 16.6 Å². The Morgan fingerprint density at radius 1 is 1.03 bits per heavy atom. The van der Waals surface area contributed by atoms with Crippen molar-refractivity contribution in [2.24, 2.45) is 0 Å². The zero-order valence-corrected chi connectivity index (χ0v) is 21.1. The molecule has 8 heteroatoms. The van der Waals surface area contributed by atoms with E-state index in [-0.39, 0.29) is 11.9 Å². The highest BCUT2D eigenvalue weighted by atomic mass is 32.2. The van der Waals surface area contributed by atoms with Crippen molar-refractivity contribution in [1.82, 2.24) is 4.98 Å². The summed E-state index contributed by atoms with van der Waals surface area (Å²) in [6.07, 6.45) is 8.87. The number of nitrogens with zero attached hydrogens (tertiary/aromatic N) is 2. The van der Waals surface area contributed by atoms with Crippen LogP contribution in [0.15, 0.2) is 67.0 Å². The van der Waals surface area contributed by atoms with Gasteiger partial charge in [0.1, 0.15) is 0 Å². The molecule has 0 atom stereocenters. The van der Waals surface area contributed by atoms with Crippen molar-refractivity contribution in [2.45, 2.75) is 51.7 Å². The lowest BCUT2D eigenvalue weighted by molar-refractivity contribution is 0.201. The molecule has 1 aromatic heterocycles. The van der Waals surface area contributed by atoms with Crippen molar-refractivity contribution in [3.05, 3.63) is 72.6 Å². The number of aromatic nitrogens is 1. The smallest absolute Gasteiger partial charge is 0.232 e. The SMILES string of the molecule is CCCS(=O)(=O)Nc1ccc(N(Cc2cccnc2)c2ccc(OC)c(OC3CCCC3)c2)cc1. The lowest BCUT2D eigenvalue weighted by Gasteiger charge is -2.27. The van der Waals surface area contributed by atoms with Crippen molar-refractivity contribution >= 4 is 27.1 Å². The van der Waals surface area contributed by atoms with Crippen LogP contribution < -0.4 is 19.1 Å². The highest BCUT2D eigenvalue weighted by Gasteiger charge is 2.20. The molecule has 35 heavy (non-hydrogen) atoms. The molecular formula is C27H33N3O4S. The van der Waals surface area contributed by atoms with Crippen LogP contribution in [0.2, 0.25) is 0 Å². The molecule has 2 aromatic carbocycles. The number of sulfonamides is 1. The predicted molar refractivity (Wildman–Crippen MR) is 140 cm³/mol. The van der Waals surface area contributed by atoms with E-state index in [4.69, 9.17) is 9.47 Å². The zero-order valence-electron chi connectivity index (χ0n) is 20.3. The second-order valence-corrected chi connectivity index (χ2v) is 10.6. The maximum absolute atomic E-state index is 12.2. The standard InChI is InChI=1S/C27H33N3O4S/c1-3-17-35(31,32)29-22-10-12-23(13-11-22)30(20-21-7-6-16-28-19-21)24-14-15-26(33-2)27(18-24)34-25-8-4-5-9-25/h6-7,10-16,18-19,25,29H,3-5,8-9,17,20H2,1-2H3. The first kappa shape index (κ1) is 24.9. The number of ether oxygens (including phenoxy) is 2. The molecule has 7 nitrogen and oxygen atoms in total. The number of rotatable bonds is 11. The Morgan fingerprint density at radius 2 is 1.77 bits per heavy atom. The molecule has 0 saturated heterocycles. The Morgan fingerprint density at radius 3 is 2.43 bits per heavy atom. The summed E-state index contributed by atoms with van der Waals surface area (Å²) in [5.74, 6) is 1.54. The summed E-state index contributed by atoms with van der Waals surface area (Å²) >= 11 is 0. The average molecular weight is 496 g/mol. The number of pyridine rings is 1. The van der Waals surface area contributed by atoms with Gasteiger partial charge in [0, 0.05) is 42.1 Å². The second kappa shape index (κ2) is 11.4. The lowest BCUT2D eigenvalue weighted by Crippen LogP contribution is -2.18. The summed E-state index contributed by atoms with van der Waals surface area (Å²) in [5.41, 5.74) is 3.46. The number of anilines is 3. The third-order valence-corrected chi connectivity index (χ3v) is 7.54. The van der Waals surface area contributed by atoms with Gasteiger partial charge >= 0.3 is 0 Å². The topological polar surface area (TPSA) is 80.8 Å². The average Bonchev–Trinajstić information content (AvgIpc) is 3.37. The van der Waals surface area contributed by atoms with Crippen molar-refractivity contribution in [1.29, 1.82) is 0 Å². The van der Waals surface area contributed by atoms with E-state index >= 15 is 0 Å². The van der Waals surface area contributed by atoms with Gasteiger partial charge in [0.15, 0.2) is 11.5 Å². The minimum atomic E-state index is -3.35. The first-order valence-electron chi connectivity index (χ1n) is 12.1. The molecule has 1 saturated carbocycles. The molecule has 1 N–H and O–H groups in total. The molecule has 1 aliphatic rings. The fourth-order valence-corrected chi connectivity index (χ4v) is 5.46. The maximum atomic E-state index is 12.2. The Kier molecular flexibility index (Phi) is 8.13. The minimum absolute atomic E-state index is 0.0947. The minimum Gasteiger partial charge on any atom is -0.493 e. The molecule has 1 aliphatic carbocycles. The van der Waals surface area contributed by atoms with Crippen molar-refractivity contribution in [2.75, 3.05) is 22.5 Å². The third-order valence-electron chi connectivity index (χ3n) is 6.04. The van der Waals surface area contributed by atoms with Gasteiger partial charge in [-0.15, -0.1) is 0 Å². The Bertz CT molecular complexity index is 1190. The molecule has 186 valence electrons. The summed E-state index contributed by atoms with van der Waals surface area (Å²) < 4.78 is 38.9. The lowest BCUT2D eigenvalue weighted by atomic mass is 10.1. The van der Waals surface area contributed by atoms with Crippen LogP contribution in [0.25, 0.3) is 0 Å². The van der Waals surface area contributed by atoms with Crippen LogP contribution in [0.3, 0.4) is 0 Å². The highest BCUT2D eigenvalue weighted by Crippen LogP contribution is 2.38. The van der Waals surface area contributed by atoms with Crippen LogP contribution in [-0.4, -0.2) is 32.4 Å². The monoisotopic (exact) mass is 495 g/mol. The van der Waals surface area contributed by atoms with Gasteiger partial charge in [0.25, 0.3) is 0 Å². The molecule has 1 fully saturated rings. The summed E-state index contributed by atoms with van der Waals surface area (Å²) in [6, 6.07) is 17.3. The number of nitrogens with one attached hydrogen (secondary N) is 1. The summed E-state index contributed by atoms with van der Waals surface area (Å²) in [5, 5.41) is 0. The molecule has 0 aliphatic heterocycles. The molecule has 4 rings (SSSR count). The fraction of sp³-hybridized carbons (Fsp3) is 0.370. The molecule has 0 amide bonds. The van der Waals surface area contributed by atoms with Gasteiger partial charge in [-0.05, 0) is 80.1 Å². The van der Waals surface area contributed by atoms with Crippen LogP contribution in [0.4, 0.5) is 17.1 Å². The van der Waals surface area contributed by atoms with Gasteiger partial charge in [-0.1, -0.05) is 13.0 Å². The van der Waals surface area contributed by atoms with Gasteiger partial charge in [-0.2, -0.15) is 0 Å². The van der Waals surface area contributed by atoms with Crippen molar-refractivity contribution in [3.8, 4) is 11.5 Å². The summed E-state index contributed by atoms with van der Waals surface area (Å²) in [7, 11) is -1.69. The van der Waals surface area contributed by atoms with E-state index in [9.17, 15) is 8.42 Å². The van der Waals surface area contributed by atoms with E-state index < -0.39 is 10.0 Å². The molecule has 0 bridgehead atoms. The quantitative estimate of drug-likeness (QED) is 0.357. The van der Waals surface area contributed by atoms with Crippen LogP contribution in [0.5, 0.6) is 11.5 Å². The normalized spacial score (nSPS) is 14.0. The van der Waals surface area contributed by atoms with Crippen LogP contribution >= 0.6 is 0 Å². The van der Waals surface area contributed by atoms with E-state index in [0.29, 0.717) is 24.4 Å². The first-order chi connectivity index (χ1) is 17.0. The molecular weight excluding hydrogens is 462 g/mol. The number of hydrogen-bond donors (Lipinski definition) is 1. The summed E-state index contributed by atoms with van der Waals surface area (Å²) in [6.45, 7) is 2.43. The molecule has 3 aromatic rings. The zero-order chi connectivity index (χ0) is 24.7. The van der Waals surface area contributed by atoms with Gasteiger partial charge in [-0.3, -0.25) is 9.71 Å². The van der Waals surface area contributed by atoms with E-state index in [2.05, 4.69) is 14.6 Å². The summed E-state index contributed by atoms with van der Waals surface area (Å²) in [4.78, 5) is 6.42. The Hall–Kier alpha value is -3.26. The van der Waals surface area contributed by atoms with Crippen LogP contribution in [0, 0.1) is 0 Å². The maximum Gasteiger partial charge on any atom is 0.232 e. The number of benzene rings is 2. The van der Waals surface area contributed by atoms with Gasteiger partial charge in [-0.25, -0.2) is 8.42 Å². The second-order valence-electron chi connectivity index (χ2n) is 8.77. The fourth-order valence-electron chi connectivity index (χ4n) is 4.33. The first-order valence-corrected chi connectivity index (χ1v) is 13.7. The number of methoxy groups -OCH3 is 1. The van der Waals surface area contributed by atoms with Gasteiger partial charge in [0.05, 0.1) is 19.0 Å². The number of hydrogen-bond acceptors (Lipinski definition) is 6. The van der Waals surface area contributed by atoms with E-state index in [0.717, 1.165) is 35.5 Å². The van der Waals surface area contributed by atoms with E-state index in [1.807, 2.05) is 55.6 Å². The van der Waals surface area contributed by atoms with Crippen molar-refractivity contribution in [3.63, 3.8) is 0 Å². The van der Waals surface area contributed by atoms with Gasteiger partial charge in [0.2, 0.25) is 10.0 Å². The van der Waals surface area contributed by atoms with Crippen LogP contribution in [0.1, 0.15) is 44.6 Å². The largest absolute Gasteiger partial charge is 0.493 e. The molecule has 0 spiro atoms. The molecule has 1 heterocycles. The molecule has 0 unspecified atom stereocenters. The Balaban J connectivity index is 1.65. The van der Waals surface area contributed by atoms with Gasteiger partial charge < -0.3 is 14.4 Å². The highest BCUT2D eigenvalue weighted by molar-refractivity contribution is 7.92. The third kappa shape index (κ3) is 6.66. The Labute approximate surface area is 208 Å². The predicted octanol–water partition coefficient (Wildman–Crippen LogP) is 5.90. The molecule has 0 radical (unpaired) electrons.